The van der Waals surface area contributed by atoms with Gasteiger partial charge in [-0.15, -0.1) is 0 Å². The molecule has 0 radical (unpaired) electrons. The number of benzene rings is 1. The number of anilines is 1. The summed E-state index contributed by atoms with van der Waals surface area (Å²) >= 11 is 6.14. The molecule has 1 aromatic carbocycles. The van der Waals surface area contributed by atoms with E-state index in [1.54, 1.807) is 11.0 Å². The Kier molecular flexibility index (Phi) is 5.80. The van der Waals surface area contributed by atoms with E-state index >= 15 is 0 Å². The highest BCUT2D eigenvalue weighted by molar-refractivity contribution is 6.34. The first-order chi connectivity index (χ1) is 10.5. The molecule has 1 aliphatic heterocycles. The van der Waals surface area contributed by atoms with Crippen molar-refractivity contribution in [2.24, 2.45) is 0 Å². The molecule has 0 bridgehead atoms. The van der Waals surface area contributed by atoms with Gasteiger partial charge < -0.3 is 10.2 Å². The van der Waals surface area contributed by atoms with Gasteiger partial charge in [0.2, 0.25) is 11.8 Å². The quantitative estimate of drug-likeness (QED) is 0.870. The third-order valence-corrected chi connectivity index (χ3v) is 4.02. The van der Waals surface area contributed by atoms with Gasteiger partial charge in [0.25, 0.3) is 0 Å². The number of likely N-dealkylation sites (N-methyl/N-ethyl adjacent to an activating group) is 1. The fraction of sp³-hybridized carbons (Fsp3) is 0.500. The van der Waals surface area contributed by atoms with Gasteiger partial charge in [-0.05, 0) is 38.6 Å². The fourth-order valence-electron chi connectivity index (χ4n) is 2.67. The second-order valence-corrected chi connectivity index (χ2v) is 6.00. The van der Waals surface area contributed by atoms with Gasteiger partial charge in [-0.3, -0.25) is 14.5 Å². The van der Waals surface area contributed by atoms with Crippen molar-refractivity contribution < 1.29 is 9.59 Å². The average Bonchev–Trinajstić information content (AvgIpc) is 2.81. The molecule has 22 heavy (non-hydrogen) atoms. The lowest BCUT2D eigenvalue weighted by Gasteiger charge is -2.19. The molecule has 1 atom stereocenters. The van der Waals surface area contributed by atoms with Crippen molar-refractivity contribution in [1.82, 2.24) is 10.2 Å². The molecule has 0 aliphatic carbocycles. The lowest BCUT2D eigenvalue weighted by molar-refractivity contribution is -0.127. The summed E-state index contributed by atoms with van der Waals surface area (Å²) in [5, 5.41) is 3.37. The van der Waals surface area contributed by atoms with Crippen LogP contribution in [0.1, 0.15) is 19.8 Å². The highest BCUT2D eigenvalue weighted by Gasteiger charge is 2.34. The van der Waals surface area contributed by atoms with E-state index in [-0.39, 0.29) is 11.8 Å². The molecule has 120 valence electrons. The summed E-state index contributed by atoms with van der Waals surface area (Å²) in [7, 11) is 1.90. The van der Waals surface area contributed by atoms with Crippen LogP contribution in [0.4, 0.5) is 5.69 Å². The van der Waals surface area contributed by atoms with Crippen molar-refractivity contribution in [1.29, 1.82) is 0 Å². The summed E-state index contributed by atoms with van der Waals surface area (Å²) in [6.07, 6.45) is 1.60. The SMILES string of the molecule is CCCN(C)CC(=O)N[C@H]1CCN(c2ccccc2Cl)C1=O. The lowest BCUT2D eigenvalue weighted by Crippen LogP contribution is -2.45. The topological polar surface area (TPSA) is 52.7 Å². The van der Waals surface area contributed by atoms with Crippen LogP contribution in [0.25, 0.3) is 0 Å². The monoisotopic (exact) mass is 323 g/mol. The van der Waals surface area contributed by atoms with Crippen LogP contribution in [0.2, 0.25) is 5.02 Å². The second-order valence-electron chi connectivity index (χ2n) is 5.59. The first-order valence-corrected chi connectivity index (χ1v) is 7.94. The Morgan fingerprint density at radius 2 is 2.18 bits per heavy atom. The Bertz CT molecular complexity index is 550. The summed E-state index contributed by atoms with van der Waals surface area (Å²) in [4.78, 5) is 28.0. The molecule has 1 aromatic rings. The highest BCUT2D eigenvalue weighted by atomic mass is 35.5. The van der Waals surface area contributed by atoms with Crippen LogP contribution in [-0.4, -0.2) is 49.4 Å². The van der Waals surface area contributed by atoms with Gasteiger partial charge in [0.1, 0.15) is 6.04 Å². The number of carbonyl (C=O) groups excluding carboxylic acids is 2. The minimum atomic E-state index is -0.459. The Morgan fingerprint density at radius 1 is 1.45 bits per heavy atom. The molecule has 1 aliphatic rings. The van der Waals surface area contributed by atoms with E-state index < -0.39 is 6.04 Å². The van der Waals surface area contributed by atoms with Gasteiger partial charge >= 0.3 is 0 Å². The Hall–Kier alpha value is -1.59. The minimum Gasteiger partial charge on any atom is -0.343 e. The Balaban J connectivity index is 1.94. The van der Waals surface area contributed by atoms with Crippen LogP contribution in [0, 0.1) is 0 Å². The van der Waals surface area contributed by atoms with Crippen molar-refractivity contribution >= 4 is 29.1 Å². The number of amides is 2. The Labute approximate surface area is 136 Å². The molecular weight excluding hydrogens is 302 g/mol. The van der Waals surface area contributed by atoms with Gasteiger partial charge in [-0.1, -0.05) is 30.7 Å². The predicted octanol–water partition coefficient (Wildman–Crippen LogP) is 1.90. The van der Waals surface area contributed by atoms with E-state index in [1.165, 1.54) is 0 Å². The fourth-order valence-corrected chi connectivity index (χ4v) is 2.91. The third kappa shape index (κ3) is 3.99. The number of para-hydroxylation sites is 1. The molecule has 0 spiro atoms. The standard InChI is InChI=1S/C16H22ClN3O2/c1-3-9-19(2)11-15(21)18-13-8-10-20(16(13)22)14-7-5-4-6-12(14)17/h4-7,13H,3,8-11H2,1-2H3,(H,18,21)/t13-/m0/s1. The van der Waals surface area contributed by atoms with Crippen LogP contribution in [-0.2, 0) is 9.59 Å². The number of hydrogen-bond acceptors (Lipinski definition) is 3. The van der Waals surface area contributed by atoms with Gasteiger partial charge in [0, 0.05) is 6.54 Å². The van der Waals surface area contributed by atoms with E-state index in [4.69, 9.17) is 11.6 Å². The summed E-state index contributed by atoms with van der Waals surface area (Å²) in [5.74, 6) is -0.213. The molecule has 2 amide bonds. The molecule has 1 N–H and O–H groups in total. The van der Waals surface area contributed by atoms with Crippen molar-refractivity contribution in [2.75, 3.05) is 31.6 Å². The van der Waals surface area contributed by atoms with Crippen LogP contribution in [0.15, 0.2) is 24.3 Å². The first-order valence-electron chi connectivity index (χ1n) is 7.56. The summed E-state index contributed by atoms with van der Waals surface area (Å²) in [5.41, 5.74) is 0.703. The van der Waals surface area contributed by atoms with Gasteiger partial charge in [0.15, 0.2) is 0 Å². The first kappa shape index (κ1) is 16.8. The van der Waals surface area contributed by atoms with Crippen LogP contribution < -0.4 is 10.2 Å². The van der Waals surface area contributed by atoms with Gasteiger partial charge in [-0.25, -0.2) is 0 Å². The molecule has 0 saturated carbocycles. The van der Waals surface area contributed by atoms with Crippen LogP contribution in [0.3, 0.4) is 0 Å². The van der Waals surface area contributed by atoms with E-state index in [9.17, 15) is 9.59 Å². The number of nitrogens with one attached hydrogen (secondary N) is 1. The zero-order chi connectivity index (χ0) is 16.1. The van der Waals surface area contributed by atoms with E-state index in [2.05, 4.69) is 12.2 Å². The maximum atomic E-state index is 12.4. The molecular formula is C16H22ClN3O2. The molecule has 5 nitrogen and oxygen atoms in total. The maximum absolute atomic E-state index is 12.4. The average molecular weight is 324 g/mol. The number of hydrogen-bond donors (Lipinski definition) is 1. The summed E-state index contributed by atoms with van der Waals surface area (Å²) in [6.45, 7) is 3.80. The van der Waals surface area contributed by atoms with Crippen molar-refractivity contribution in [2.45, 2.75) is 25.8 Å². The second kappa shape index (κ2) is 7.61. The third-order valence-electron chi connectivity index (χ3n) is 3.70. The molecule has 2 rings (SSSR count). The van der Waals surface area contributed by atoms with Crippen LogP contribution >= 0.6 is 11.6 Å². The molecule has 1 fully saturated rings. The normalized spacial score (nSPS) is 18.1. The number of halogens is 1. The van der Waals surface area contributed by atoms with Gasteiger partial charge in [0.05, 0.1) is 17.3 Å². The molecule has 0 aromatic heterocycles. The zero-order valence-electron chi connectivity index (χ0n) is 13.0. The van der Waals surface area contributed by atoms with Crippen molar-refractivity contribution in [3.63, 3.8) is 0 Å². The number of carbonyl (C=O) groups is 2. The lowest BCUT2D eigenvalue weighted by atomic mass is 10.2. The highest BCUT2D eigenvalue weighted by Crippen LogP contribution is 2.28. The summed E-state index contributed by atoms with van der Waals surface area (Å²) < 4.78 is 0. The molecule has 1 saturated heterocycles. The minimum absolute atomic E-state index is 0.0976. The Morgan fingerprint density at radius 3 is 2.86 bits per heavy atom. The predicted molar refractivity (Wildman–Crippen MR) is 88.1 cm³/mol. The smallest absolute Gasteiger partial charge is 0.249 e. The van der Waals surface area contributed by atoms with E-state index in [0.29, 0.717) is 30.2 Å². The van der Waals surface area contributed by atoms with Crippen LogP contribution in [0.5, 0.6) is 0 Å². The largest absolute Gasteiger partial charge is 0.343 e. The molecule has 0 unspecified atom stereocenters. The number of rotatable bonds is 6. The van der Waals surface area contributed by atoms with E-state index in [1.807, 2.05) is 30.1 Å². The number of nitrogens with zero attached hydrogens (tertiary/aromatic N) is 2. The van der Waals surface area contributed by atoms with Gasteiger partial charge in [-0.2, -0.15) is 0 Å². The van der Waals surface area contributed by atoms with Crippen molar-refractivity contribution in [3.05, 3.63) is 29.3 Å². The van der Waals surface area contributed by atoms with E-state index in [0.717, 1.165) is 13.0 Å². The molecule has 1 heterocycles. The summed E-state index contributed by atoms with van der Waals surface area (Å²) in [6, 6.07) is 6.80. The van der Waals surface area contributed by atoms with Crippen molar-refractivity contribution in [3.8, 4) is 0 Å². The maximum Gasteiger partial charge on any atom is 0.249 e. The zero-order valence-corrected chi connectivity index (χ0v) is 13.8. The molecule has 6 heteroatoms.